The molecule has 0 spiro atoms. The second-order valence-corrected chi connectivity index (χ2v) is 5.23. The fourth-order valence-electron chi connectivity index (χ4n) is 1.78. The summed E-state index contributed by atoms with van der Waals surface area (Å²) in [5.74, 6) is -1.48. The van der Waals surface area contributed by atoms with Crippen molar-refractivity contribution in [3.63, 3.8) is 0 Å². The maximum Gasteiger partial charge on any atom is 0.335 e. The van der Waals surface area contributed by atoms with Crippen LogP contribution in [-0.4, -0.2) is 17.0 Å². The van der Waals surface area contributed by atoms with Crippen molar-refractivity contribution in [2.24, 2.45) is 5.73 Å². The molecule has 1 atom stereocenters. The van der Waals surface area contributed by atoms with Gasteiger partial charge in [-0.15, -0.1) is 0 Å². The van der Waals surface area contributed by atoms with E-state index in [-0.39, 0.29) is 5.56 Å². The Morgan fingerprint density at radius 2 is 1.81 bits per heavy atom. The molecule has 0 saturated carbocycles. The smallest absolute Gasteiger partial charge is 0.335 e. The van der Waals surface area contributed by atoms with Crippen LogP contribution in [0.15, 0.2) is 53.0 Å². The van der Waals surface area contributed by atoms with Crippen molar-refractivity contribution in [1.29, 1.82) is 0 Å². The first kappa shape index (κ1) is 15.2. The third-order valence-electron chi connectivity index (χ3n) is 2.91. The standard InChI is InChI=1S/C15H13BrN2O3/c16-11-7-6-10(15(20)21)8-12(11)18-14(19)13(17)9-4-2-1-3-5-9/h1-8,13H,17H2,(H,18,19)(H,20,21)/t13-/m0/s1. The SMILES string of the molecule is N[C@H](C(=O)Nc1cc(C(=O)O)ccc1Br)c1ccccc1. The molecule has 0 bridgehead atoms. The van der Waals surface area contributed by atoms with Crippen LogP contribution in [0.1, 0.15) is 22.0 Å². The van der Waals surface area contributed by atoms with Gasteiger partial charge >= 0.3 is 5.97 Å². The molecule has 0 aliphatic rings. The van der Waals surface area contributed by atoms with Crippen molar-refractivity contribution in [2.75, 3.05) is 5.32 Å². The van der Waals surface area contributed by atoms with Crippen molar-refractivity contribution in [3.05, 3.63) is 64.1 Å². The summed E-state index contributed by atoms with van der Waals surface area (Å²) in [6.07, 6.45) is 0. The number of anilines is 1. The number of carbonyl (C=O) groups is 2. The number of nitrogens with one attached hydrogen (secondary N) is 1. The van der Waals surface area contributed by atoms with Crippen LogP contribution >= 0.6 is 15.9 Å². The van der Waals surface area contributed by atoms with Crippen molar-refractivity contribution in [2.45, 2.75) is 6.04 Å². The van der Waals surface area contributed by atoms with E-state index in [1.54, 1.807) is 30.3 Å². The summed E-state index contributed by atoms with van der Waals surface area (Å²) in [6.45, 7) is 0. The number of nitrogens with two attached hydrogens (primary N) is 1. The summed E-state index contributed by atoms with van der Waals surface area (Å²) in [5.41, 5.74) is 7.02. The molecule has 0 aliphatic heterocycles. The van der Waals surface area contributed by atoms with Crippen LogP contribution in [0.25, 0.3) is 0 Å². The number of carboxylic acids is 1. The van der Waals surface area contributed by atoms with E-state index >= 15 is 0 Å². The summed E-state index contributed by atoms with van der Waals surface area (Å²) in [5, 5.41) is 11.6. The zero-order valence-electron chi connectivity index (χ0n) is 10.9. The van der Waals surface area contributed by atoms with Crippen LogP contribution in [0.5, 0.6) is 0 Å². The molecule has 0 aromatic heterocycles. The average molecular weight is 349 g/mol. The lowest BCUT2D eigenvalue weighted by molar-refractivity contribution is -0.117. The monoisotopic (exact) mass is 348 g/mol. The minimum Gasteiger partial charge on any atom is -0.478 e. The molecule has 21 heavy (non-hydrogen) atoms. The van der Waals surface area contributed by atoms with Gasteiger partial charge in [0.15, 0.2) is 0 Å². The number of carbonyl (C=O) groups excluding carboxylic acids is 1. The van der Waals surface area contributed by atoms with Gasteiger partial charge in [-0.3, -0.25) is 4.79 Å². The summed E-state index contributed by atoms with van der Waals surface area (Å²) < 4.78 is 0.584. The molecule has 1 amide bonds. The predicted molar refractivity (Wildman–Crippen MR) is 83.1 cm³/mol. The van der Waals surface area contributed by atoms with E-state index < -0.39 is 17.9 Å². The maximum absolute atomic E-state index is 12.1. The van der Waals surface area contributed by atoms with Crippen LogP contribution in [0.4, 0.5) is 5.69 Å². The van der Waals surface area contributed by atoms with E-state index in [1.807, 2.05) is 6.07 Å². The first-order valence-electron chi connectivity index (χ1n) is 6.13. The van der Waals surface area contributed by atoms with Crippen LogP contribution in [0.3, 0.4) is 0 Å². The van der Waals surface area contributed by atoms with Gasteiger partial charge in [-0.25, -0.2) is 4.79 Å². The highest BCUT2D eigenvalue weighted by molar-refractivity contribution is 9.10. The minimum atomic E-state index is -1.06. The lowest BCUT2D eigenvalue weighted by atomic mass is 10.1. The highest BCUT2D eigenvalue weighted by Crippen LogP contribution is 2.25. The van der Waals surface area contributed by atoms with Crippen LogP contribution < -0.4 is 11.1 Å². The molecule has 108 valence electrons. The molecule has 0 aliphatic carbocycles. The summed E-state index contributed by atoms with van der Waals surface area (Å²) in [4.78, 5) is 23.1. The summed E-state index contributed by atoms with van der Waals surface area (Å²) in [6, 6.07) is 12.5. The highest BCUT2D eigenvalue weighted by atomic mass is 79.9. The first-order chi connectivity index (χ1) is 9.99. The first-order valence-corrected chi connectivity index (χ1v) is 6.92. The molecular formula is C15H13BrN2O3. The highest BCUT2D eigenvalue weighted by Gasteiger charge is 2.17. The van der Waals surface area contributed by atoms with Gasteiger partial charge in [0.1, 0.15) is 6.04 Å². The molecule has 0 fully saturated rings. The molecule has 2 rings (SSSR count). The van der Waals surface area contributed by atoms with Gasteiger partial charge in [0, 0.05) is 4.47 Å². The molecule has 0 heterocycles. The van der Waals surface area contributed by atoms with Crippen molar-refractivity contribution < 1.29 is 14.7 Å². The topological polar surface area (TPSA) is 92.4 Å². The number of benzene rings is 2. The zero-order valence-corrected chi connectivity index (χ0v) is 12.5. The number of hydrogen-bond acceptors (Lipinski definition) is 3. The van der Waals surface area contributed by atoms with Crippen molar-refractivity contribution >= 4 is 33.5 Å². The Hall–Kier alpha value is -2.18. The fourth-order valence-corrected chi connectivity index (χ4v) is 2.12. The normalized spacial score (nSPS) is 11.7. The Balaban J connectivity index is 2.20. The molecule has 2 aromatic carbocycles. The van der Waals surface area contributed by atoms with Gasteiger partial charge in [-0.1, -0.05) is 30.3 Å². The number of hydrogen-bond donors (Lipinski definition) is 3. The van der Waals surface area contributed by atoms with Gasteiger partial charge in [0.05, 0.1) is 11.3 Å². The van der Waals surface area contributed by atoms with E-state index in [0.717, 1.165) is 0 Å². The van der Waals surface area contributed by atoms with Crippen LogP contribution in [0.2, 0.25) is 0 Å². The van der Waals surface area contributed by atoms with E-state index in [4.69, 9.17) is 10.8 Å². The molecular weight excluding hydrogens is 336 g/mol. The molecule has 0 radical (unpaired) electrons. The third kappa shape index (κ3) is 3.68. The number of aromatic carboxylic acids is 1. The molecule has 4 N–H and O–H groups in total. The molecule has 0 saturated heterocycles. The fraction of sp³-hybridized carbons (Fsp3) is 0.0667. The number of amides is 1. The largest absolute Gasteiger partial charge is 0.478 e. The second-order valence-electron chi connectivity index (χ2n) is 4.38. The van der Waals surface area contributed by atoms with E-state index in [1.165, 1.54) is 12.1 Å². The van der Waals surface area contributed by atoms with E-state index in [2.05, 4.69) is 21.2 Å². The van der Waals surface area contributed by atoms with Crippen LogP contribution in [0, 0.1) is 0 Å². The number of rotatable bonds is 4. The zero-order chi connectivity index (χ0) is 15.4. The molecule has 2 aromatic rings. The number of halogens is 1. The molecule has 5 nitrogen and oxygen atoms in total. The van der Waals surface area contributed by atoms with Gasteiger partial charge in [-0.2, -0.15) is 0 Å². The Morgan fingerprint density at radius 1 is 1.14 bits per heavy atom. The van der Waals surface area contributed by atoms with Gasteiger partial charge in [-0.05, 0) is 39.7 Å². The van der Waals surface area contributed by atoms with E-state index in [9.17, 15) is 9.59 Å². The summed E-state index contributed by atoms with van der Waals surface area (Å²) >= 11 is 3.26. The Bertz CT molecular complexity index is 674. The van der Waals surface area contributed by atoms with Gasteiger partial charge < -0.3 is 16.2 Å². The number of carboxylic acid groups (broad SMARTS) is 1. The average Bonchev–Trinajstić information content (AvgIpc) is 2.49. The van der Waals surface area contributed by atoms with Gasteiger partial charge in [0.25, 0.3) is 0 Å². The molecule has 0 unspecified atom stereocenters. The Morgan fingerprint density at radius 3 is 2.43 bits per heavy atom. The minimum absolute atomic E-state index is 0.0850. The quantitative estimate of drug-likeness (QED) is 0.791. The molecule has 6 heteroatoms. The summed E-state index contributed by atoms with van der Waals surface area (Å²) in [7, 11) is 0. The lowest BCUT2D eigenvalue weighted by Gasteiger charge is -2.14. The maximum atomic E-state index is 12.1. The van der Waals surface area contributed by atoms with Crippen molar-refractivity contribution in [1.82, 2.24) is 0 Å². The van der Waals surface area contributed by atoms with E-state index in [0.29, 0.717) is 15.7 Å². The van der Waals surface area contributed by atoms with Crippen molar-refractivity contribution in [3.8, 4) is 0 Å². The van der Waals surface area contributed by atoms with Gasteiger partial charge in [0.2, 0.25) is 5.91 Å². The van der Waals surface area contributed by atoms with Crippen LogP contribution in [-0.2, 0) is 4.79 Å². The third-order valence-corrected chi connectivity index (χ3v) is 3.60. The lowest BCUT2D eigenvalue weighted by Crippen LogP contribution is -2.27. The Labute approximate surface area is 129 Å². The second kappa shape index (κ2) is 6.51. The predicted octanol–water partition coefficient (Wildman–Crippen LogP) is 2.79. The Kier molecular flexibility index (Phi) is 4.72.